The first-order chi connectivity index (χ1) is 12.7. The van der Waals surface area contributed by atoms with E-state index in [4.69, 9.17) is 4.74 Å². The summed E-state index contributed by atoms with van der Waals surface area (Å²) in [6.07, 6.45) is 4.78. The molecule has 0 heterocycles. The van der Waals surface area contributed by atoms with Crippen LogP contribution in [0.1, 0.15) is 66.5 Å². The van der Waals surface area contributed by atoms with Crippen molar-refractivity contribution < 1.29 is 29.3 Å². The van der Waals surface area contributed by atoms with Crippen LogP contribution in [0.2, 0.25) is 0 Å². The van der Waals surface area contributed by atoms with Gasteiger partial charge in [-0.25, -0.2) is 4.79 Å². The Hall–Kier alpha value is -3.15. The van der Waals surface area contributed by atoms with E-state index in [1.54, 1.807) is 19.9 Å². The van der Waals surface area contributed by atoms with Crippen LogP contribution in [-0.4, -0.2) is 27.7 Å². The Balaban J connectivity index is 2.59. The number of phenols is 2. The zero-order chi connectivity index (χ0) is 20.3. The van der Waals surface area contributed by atoms with Gasteiger partial charge in [0.1, 0.15) is 17.6 Å². The van der Waals surface area contributed by atoms with Gasteiger partial charge < -0.3 is 14.9 Å². The van der Waals surface area contributed by atoms with Gasteiger partial charge in [-0.3, -0.25) is 9.59 Å². The Kier molecular flexibility index (Phi) is 6.00. The van der Waals surface area contributed by atoms with Crippen molar-refractivity contribution in [1.82, 2.24) is 0 Å². The maximum atomic E-state index is 12.2. The molecule has 1 aliphatic carbocycles. The second-order valence-corrected chi connectivity index (χ2v) is 6.53. The highest BCUT2D eigenvalue weighted by atomic mass is 16.5. The summed E-state index contributed by atoms with van der Waals surface area (Å²) in [5.41, 5.74) is 0.888. The second-order valence-electron chi connectivity index (χ2n) is 6.53. The molecule has 6 heteroatoms. The van der Waals surface area contributed by atoms with Crippen LogP contribution >= 0.6 is 0 Å². The molecule has 0 bridgehead atoms. The maximum Gasteiger partial charge on any atom is 0.334 e. The summed E-state index contributed by atoms with van der Waals surface area (Å²) in [4.78, 5) is 36.4. The molecule has 27 heavy (non-hydrogen) atoms. The third-order valence-corrected chi connectivity index (χ3v) is 4.28. The van der Waals surface area contributed by atoms with Crippen molar-refractivity contribution in [1.29, 1.82) is 0 Å². The smallest absolute Gasteiger partial charge is 0.334 e. The fourth-order valence-electron chi connectivity index (χ4n) is 2.65. The topological polar surface area (TPSA) is 101 Å². The number of phenolic OH excluding ortho intramolecular Hbond substituents is 2. The Bertz CT molecular complexity index is 898. The lowest BCUT2D eigenvalue weighted by atomic mass is 9.89. The molecule has 0 unspecified atom stereocenters. The van der Waals surface area contributed by atoms with E-state index in [0.717, 1.165) is 17.7 Å². The predicted octanol–water partition coefficient (Wildman–Crippen LogP) is 3.94. The molecule has 0 saturated heterocycles. The van der Waals surface area contributed by atoms with Gasteiger partial charge in [0, 0.05) is 17.6 Å². The van der Waals surface area contributed by atoms with Crippen molar-refractivity contribution >= 4 is 17.5 Å². The summed E-state index contributed by atoms with van der Waals surface area (Å²) >= 11 is 0. The molecule has 142 valence electrons. The van der Waals surface area contributed by atoms with Crippen LogP contribution in [0.25, 0.3) is 0 Å². The van der Waals surface area contributed by atoms with Gasteiger partial charge in [0.2, 0.25) is 0 Å². The number of carbonyl (C=O) groups is 3. The van der Waals surface area contributed by atoms with Crippen molar-refractivity contribution in [3.05, 3.63) is 58.2 Å². The average molecular weight is 370 g/mol. The van der Waals surface area contributed by atoms with Crippen LogP contribution in [-0.2, 0) is 9.53 Å². The van der Waals surface area contributed by atoms with Gasteiger partial charge in [0.15, 0.2) is 11.6 Å². The molecule has 1 aliphatic rings. The van der Waals surface area contributed by atoms with E-state index in [9.17, 15) is 24.6 Å². The average Bonchev–Trinajstić information content (AvgIpc) is 2.62. The summed E-state index contributed by atoms with van der Waals surface area (Å²) in [6, 6.07) is 1.17. The van der Waals surface area contributed by atoms with Gasteiger partial charge in [-0.2, -0.15) is 0 Å². The molecule has 1 aromatic carbocycles. The minimum Gasteiger partial charge on any atom is -0.507 e. The predicted molar refractivity (Wildman–Crippen MR) is 99.9 cm³/mol. The SMILES string of the molecule is CC=C(C)C(=O)O[C@H](CC=C(C)C)c1cc(O)c2c(c1O)C(=O)C=CC2=O. The van der Waals surface area contributed by atoms with Crippen LogP contribution in [0.3, 0.4) is 0 Å². The summed E-state index contributed by atoms with van der Waals surface area (Å²) < 4.78 is 5.49. The molecule has 2 N–H and O–H groups in total. The van der Waals surface area contributed by atoms with Gasteiger partial charge in [-0.1, -0.05) is 17.7 Å². The lowest BCUT2D eigenvalue weighted by Crippen LogP contribution is -2.16. The van der Waals surface area contributed by atoms with Crippen LogP contribution < -0.4 is 0 Å². The largest absolute Gasteiger partial charge is 0.507 e. The fourth-order valence-corrected chi connectivity index (χ4v) is 2.65. The lowest BCUT2D eigenvalue weighted by molar-refractivity contribution is -0.144. The van der Waals surface area contributed by atoms with Crippen molar-refractivity contribution in [3.8, 4) is 11.5 Å². The number of ketones is 2. The zero-order valence-corrected chi connectivity index (χ0v) is 15.7. The van der Waals surface area contributed by atoms with E-state index >= 15 is 0 Å². The van der Waals surface area contributed by atoms with Crippen LogP contribution in [0, 0.1) is 0 Å². The third kappa shape index (κ3) is 4.16. The summed E-state index contributed by atoms with van der Waals surface area (Å²) in [7, 11) is 0. The number of fused-ring (bicyclic) bond motifs is 1. The normalized spacial score (nSPS) is 14.6. The number of hydrogen-bond acceptors (Lipinski definition) is 6. The Morgan fingerprint density at radius 2 is 1.70 bits per heavy atom. The van der Waals surface area contributed by atoms with Gasteiger partial charge >= 0.3 is 5.97 Å². The van der Waals surface area contributed by atoms with Crippen molar-refractivity contribution in [2.24, 2.45) is 0 Å². The van der Waals surface area contributed by atoms with Crippen molar-refractivity contribution in [3.63, 3.8) is 0 Å². The van der Waals surface area contributed by atoms with Crippen LogP contribution in [0.4, 0.5) is 0 Å². The molecule has 6 nitrogen and oxygen atoms in total. The van der Waals surface area contributed by atoms with Gasteiger partial charge in [-0.05, 0) is 45.9 Å². The van der Waals surface area contributed by atoms with E-state index in [-0.39, 0.29) is 23.1 Å². The number of esters is 1. The number of rotatable bonds is 5. The number of allylic oxidation sites excluding steroid dienone is 4. The highest BCUT2D eigenvalue weighted by Gasteiger charge is 2.31. The monoisotopic (exact) mass is 370 g/mol. The van der Waals surface area contributed by atoms with Gasteiger partial charge in [-0.15, -0.1) is 0 Å². The molecule has 0 radical (unpaired) electrons. The molecule has 1 atom stereocenters. The first-order valence-electron chi connectivity index (χ1n) is 8.50. The Morgan fingerprint density at radius 3 is 2.26 bits per heavy atom. The molecule has 1 aromatic rings. The quantitative estimate of drug-likeness (QED) is 0.352. The van der Waals surface area contributed by atoms with Crippen molar-refractivity contribution in [2.75, 3.05) is 0 Å². The second kappa shape index (κ2) is 8.03. The zero-order valence-electron chi connectivity index (χ0n) is 15.7. The maximum absolute atomic E-state index is 12.2. The van der Waals surface area contributed by atoms with E-state index in [1.807, 2.05) is 19.9 Å². The van der Waals surface area contributed by atoms with Gasteiger partial charge in [0.05, 0.1) is 11.1 Å². The van der Waals surface area contributed by atoms with Crippen LogP contribution in [0.5, 0.6) is 11.5 Å². The van der Waals surface area contributed by atoms with Crippen molar-refractivity contribution in [2.45, 2.75) is 40.2 Å². The Labute approximate surface area is 157 Å². The molecule has 0 aliphatic heterocycles. The standard InChI is InChI=1S/C21H22O6/c1-5-12(4)21(26)27-17(9-6-11(2)3)13-10-16(24)18-14(22)7-8-15(23)19(18)20(13)25/h5-8,10,17,24-25H,9H2,1-4H3/t17-/m1/s1. The minimum atomic E-state index is -0.938. The molecule has 0 aromatic heterocycles. The number of ether oxygens (including phenoxy) is 1. The third-order valence-electron chi connectivity index (χ3n) is 4.28. The first kappa shape index (κ1) is 20.2. The fraction of sp³-hybridized carbons (Fsp3) is 0.286. The highest BCUT2D eigenvalue weighted by Crippen LogP contribution is 2.41. The molecular weight excluding hydrogens is 348 g/mol. The number of aromatic hydroxyl groups is 2. The van der Waals surface area contributed by atoms with Gasteiger partial charge in [0.25, 0.3) is 0 Å². The summed E-state index contributed by atoms with van der Waals surface area (Å²) in [6.45, 7) is 7.03. The molecule has 0 saturated carbocycles. The first-order valence-corrected chi connectivity index (χ1v) is 8.50. The number of benzene rings is 1. The van der Waals surface area contributed by atoms with E-state index in [2.05, 4.69) is 0 Å². The summed E-state index contributed by atoms with van der Waals surface area (Å²) in [5, 5.41) is 20.9. The number of hydrogen-bond donors (Lipinski definition) is 2. The molecule has 2 rings (SSSR count). The molecule has 0 fully saturated rings. The Morgan fingerprint density at radius 1 is 1.11 bits per heavy atom. The molecule has 0 spiro atoms. The van der Waals surface area contributed by atoms with E-state index in [1.165, 1.54) is 6.07 Å². The number of carbonyl (C=O) groups excluding carboxylic acids is 3. The van der Waals surface area contributed by atoms with E-state index in [0.29, 0.717) is 5.57 Å². The lowest BCUT2D eigenvalue weighted by Gasteiger charge is -2.22. The summed E-state index contributed by atoms with van der Waals surface area (Å²) in [5.74, 6) is -2.67. The highest BCUT2D eigenvalue weighted by molar-refractivity contribution is 6.24. The van der Waals surface area contributed by atoms with Crippen LogP contribution in [0.15, 0.2) is 41.5 Å². The van der Waals surface area contributed by atoms with E-state index < -0.39 is 35.1 Å². The minimum absolute atomic E-state index is 0.0671. The molecular formula is C21H22O6. The molecule has 0 amide bonds.